The molecular formula is C17H21BOSi. The van der Waals surface area contributed by atoms with E-state index in [0.717, 1.165) is 6.61 Å². The monoisotopic (exact) mass is 280 g/mol. The maximum atomic E-state index is 6.01. The third-order valence-corrected chi connectivity index (χ3v) is 6.76. The molecule has 0 radical (unpaired) electrons. The Morgan fingerprint density at radius 2 is 1.45 bits per heavy atom. The second-order valence-corrected chi connectivity index (χ2v) is 7.80. The molecule has 0 N–H and O–H groups in total. The molecule has 0 aliphatic carbocycles. The Hall–Kier alpha value is -1.32. The van der Waals surface area contributed by atoms with Crippen LogP contribution in [-0.2, 0) is 4.74 Å². The van der Waals surface area contributed by atoms with Gasteiger partial charge >= 0.3 is 0 Å². The zero-order chi connectivity index (χ0) is 13.6. The maximum Gasteiger partial charge on any atom is 0.198 e. The van der Waals surface area contributed by atoms with E-state index in [2.05, 4.69) is 60.7 Å². The SMILES string of the molecule is c1ccc(B([SiH2]C2CCCCO2)c2ccccc2)cc1. The molecule has 20 heavy (non-hydrogen) atoms. The van der Waals surface area contributed by atoms with Gasteiger partial charge in [0.25, 0.3) is 0 Å². The third-order valence-electron chi connectivity index (χ3n) is 4.18. The van der Waals surface area contributed by atoms with Crippen LogP contribution >= 0.6 is 0 Å². The first-order chi connectivity index (χ1) is 9.93. The van der Waals surface area contributed by atoms with E-state index in [1.807, 2.05) is 0 Å². The molecule has 102 valence electrons. The van der Waals surface area contributed by atoms with E-state index in [9.17, 15) is 0 Å². The Balaban J connectivity index is 1.83. The van der Waals surface area contributed by atoms with Crippen molar-refractivity contribution in [3.63, 3.8) is 0 Å². The van der Waals surface area contributed by atoms with Gasteiger partial charge in [0.15, 0.2) is 6.31 Å². The molecule has 1 fully saturated rings. The lowest BCUT2D eigenvalue weighted by Crippen LogP contribution is -2.52. The standard InChI is InChI=1S/C17H21BOSi/c1-3-9-15(10-4-1)18(16-11-5-2-6-12-16)20-17-13-7-8-14-19-17/h1-6,9-12,17H,7-8,13-14,20H2. The van der Waals surface area contributed by atoms with Crippen LogP contribution in [0.4, 0.5) is 0 Å². The van der Waals surface area contributed by atoms with Crippen molar-refractivity contribution in [3.8, 4) is 0 Å². The van der Waals surface area contributed by atoms with E-state index in [4.69, 9.17) is 4.74 Å². The van der Waals surface area contributed by atoms with Crippen LogP contribution in [0.3, 0.4) is 0 Å². The van der Waals surface area contributed by atoms with Gasteiger partial charge in [-0.05, 0) is 19.3 Å². The fourth-order valence-corrected chi connectivity index (χ4v) is 5.53. The molecule has 1 nitrogen and oxygen atoms in total. The summed E-state index contributed by atoms with van der Waals surface area (Å²) in [6.07, 6.45) is 4.43. The highest BCUT2D eigenvalue weighted by Gasteiger charge is 2.25. The second kappa shape index (κ2) is 6.91. The zero-order valence-corrected chi connectivity index (χ0v) is 13.3. The zero-order valence-electron chi connectivity index (χ0n) is 11.9. The van der Waals surface area contributed by atoms with Gasteiger partial charge in [0.1, 0.15) is 0 Å². The predicted molar refractivity (Wildman–Crippen MR) is 90.0 cm³/mol. The molecule has 0 spiro atoms. The summed E-state index contributed by atoms with van der Waals surface area (Å²) >= 11 is 0. The predicted octanol–water partition coefficient (Wildman–Crippen LogP) is 1.49. The number of hydrogen-bond acceptors (Lipinski definition) is 1. The molecule has 1 unspecified atom stereocenters. The van der Waals surface area contributed by atoms with Crippen LogP contribution < -0.4 is 10.9 Å². The van der Waals surface area contributed by atoms with Gasteiger partial charge in [-0.1, -0.05) is 71.6 Å². The van der Waals surface area contributed by atoms with Gasteiger partial charge in [-0.15, -0.1) is 0 Å². The second-order valence-electron chi connectivity index (χ2n) is 5.60. The summed E-state index contributed by atoms with van der Waals surface area (Å²) in [6.45, 7) is 0.966. The van der Waals surface area contributed by atoms with Crippen LogP contribution in [0.5, 0.6) is 0 Å². The normalized spacial score (nSPS) is 19.3. The van der Waals surface area contributed by atoms with E-state index in [0.29, 0.717) is 12.0 Å². The van der Waals surface area contributed by atoms with Gasteiger partial charge in [0, 0.05) is 21.7 Å². The lowest BCUT2D eigenvalue weighted by molar-refractivity contribution is 0.0665. The van der Waals surface area contributed by atoms with Gasteiger partial charge < -0.3 is 4.74 Å². The van der Waals surface area contributed by atoms with Crippen LogP contribution in [0.1, 0.15) is 19.3 Å². The number of rotatable bonds is 4. The Labute approximate surface area is 124 Å². The smallest absolute Gasteiger partial charge is 0.198 e. The van der Waals surface area contributed by atoms with Gasteiger partial charge in [0.05, 0.1) is 0 Å². The Morgan fingerprint density at radius 1 is 0.850 bits per heavy atom. The highest BCUT2D eigenvalue weighted by molar-refractivity contribution is 7.25. The average molecular weight is 280 g/mol. The van der Waals surface area contributed by atoms with Crippen LogP contribution in [0.15, 0.2) is 60.7 Å². The first kappa shape index (κ1) is 13.7. The first-order valence-corrected chi connectivity index (χ1v) is 9.28. The number of benzene rings is 2. The summed E-state index contributed by atoms with van der Waals surface area (Å²) in [5.41, 5.74) is 3.47. The summed E-state index contributed by atoms with van der Waals surface area (Å²) < 4.78 is 6.01. The molecule has 1 saturated heterocycles. The minimum atomic E-state index is -0.339. The number of hydrogen-bond donors (Lipinski definition) is 0. The lowest BCUT2D eigenvalue weighted by Gasteiger charge is -2.25. The summed E-state index contributed by atoms with van der Waals surface area (Å²) in [7, 11) is -0.339. The van der Waals surface area contributed by atoms with Crippen molar-refractivity contribution in [3.05, 3.63) is 60.7 Å². The molecule has 2 aromatic carbocycles. The maximum absolute atomic E-state index is 6.01. The highest BCUT2D eigenvalue weighted by Crippen LogP contribution is 2.12. The van der Waals surface area contributed by atoms with E-state index in [1.54, 1.807) is 0 Å². The van der Waals surface area contributed by atoms with Crippen molar-refractivity contribution in [1.82, 2.24) is 0 Å². The third kappa shape index (κ3) is 3.41. The van der Waals surface area contributed by atoms with E-state index >= 15 is 0 Å². The minimum Gasteiger partial charge on any atom is -0.383 e. The van der Waals surface area contributed by atoms with Gasteiger partial charge in [-0.25, -0.2) is 0 Å². The molecular weight excluding hydrogens is 259 g/mol. The lowest BCUT2D eigenvalue weighted by atomic mass is 9.61. The topological polar surface area (TPSA) is 9.23 Å². The molecule has 1 aliphatic heterocycles. The van der Waals surface area contributed by atoms with Crippen molar-refractivity contribution < 1.29 is 4.74 Å². The molecule has 1 atom stereocenters. The molecule has 1 aliphatic rings. The summed E-state index contributed by atoms with van der Waals surface area (Å²) in [4.78, 5) is 0. The quantitative estimate of drug-likeness (QED) is 0.771. The Kier molecular flexibility index (Phi) is 4.72. The molecule has 2 aromatic rings. The fraction of sp³-hybridized carbons (Fsp3) is 0.294. The molecule has 3 rings (SSSR count). The summed E-state index contributed by atoms with van der Waals surface area (Å²) in [5.74, 6) is 0. The van der Waals surface area contributed by atoms with Crippen molar-refractivity contribution >= 4 is 26.6 Å². The van der Waals surface area contributed by atoms with E-state index in [-0.39, 0.29) is 9.39 Å². The van der Waals surface area contributed by atoms with Crippen molar-refractivity contribution in [2.75, 3.05) is 6.61 Å². The molecule has 0 aromatic heterocycles. The van der Waals surface area contributed by atoms with E-state index < -0.39 is 0 Å². The van der Waals surface area contributed by atoms with Crippen LogP contribution in [0.2, 0.25) is 0 Å². The van der Waals surface area contributed by atoms with Crippen molar-refractivity contribution in [2.24, 2.45) is 0 Å². The number of ether oxygens (including phenoxy) is 1. The van der Waals surface area contributed by atoms with Crippen LogP contribution in [0, 0.1) is 0 Å². The molecule has 3 heteroatoms. The van der Waals surface area contributed by atoms with Gasteiger partial charge in [0.2, 0.25) is 0 Å². The van der Waals surface area contributed by atoms with Crippen LogP contribution in [0.25, 0.3) is 0 Å². The van der Waals surface area contributed by atoms with Gasteiger partial charge in [-0.2, -0.15) is 0 Å². The highest BCUT2D eigenvalue weighted by atomic mass is 28.2. The first-order valence-electron chi connectivity index (χ1n) is 7.65. The average Bonchev–Trinajstić information content (AvgIpc) is 2.55. The van der Waals surface area contributed by atoms with Gasteiger partial charge in [-0.3, -0.25) is 0 Å². The Morgan fingerprint density at radius 3 is 1.95 bits per heavy atom. The minimum absolute atomic E-state index is 0.339. The van der Waals surface area contributed by atoms with Crippen molar-refractivity contribution in [1.29, 1.82) is 0 Å². The van der Waals surface area contributed by atoms with Crippen LogP contribution in [-0.4, -0.2) is 28.0 Å². The molecule has 0 saturated carbocycles. The Bertz CT molecular complexity index is 472. The summed E-state index contributed by atoms with van der Waals surface area (Å²) in [6, 6.07) is 21.9. The molecule has 0 bridgehead atoms. The molecule has 1 heterocycles. The summed E-state index contributed by atoms with van der Waals surface area (Å²) in [5, 5.41) is 0. The molecule has 0 amide bonds. The van der Waals surface area contributed by atoms with Crippen molar-refractivity contribution in [2.45, 2.75) is 25.0 Å². The largest absolute Gasteiger partial charge is 0.383 e. The fourth-order valence-electron chi connectivity index (χ4n) is 3.09. The van der Waals surface area contributed by atoms with E-state index in [1.165, 1.54) is 30.2 Å².